The fourth-order valence-corrected chi connectivity index (χ4v) is 16.5. The molecule has 16 rings (SSSR count). The minimum atomic E-state index is -0.654. The van der Waals surface area contributed by atoms with E-state index in [-0.39, 0.29) is 0 Å². The van der Waals surface area contributed by atoms with Crippen LogP contribution < -0.4 is 31.8 Å². The van der Waals surface area contributed by atoms with Gasteiger partial charge in [0.15, 0.2) is 0 Å². The Balaban J connectivity index is 0.000000123. The number of nitrogens with zero attached hydrogens (tertiary/aromatic N) is 3. The normalized spacial score (nSPS) is 11.4. The lowest BCUT2D eigenvalue weighted by Gasteiger charge is -2.20. The average molecular weight is 1170 g/mol. The van der Waals surface area contributed by atoms with Crippen LogP contribution in [0.5, 0.6) is 0 Å². The molecule has 0 unspecified atom stereocenters. The molecule has 0 saturated heterocycles. The zero-order valence-corrected chi connectivity index (χ0v) is 48.7. The molecule has 16 aromatic rings. The molecule has 4 heterocycles. The van der Waals surface area contributed by atoms with E-state index in [9.17, 15) is 0 Å². The van der Waals surface area contributed by atoms with E-state index in [2.05, 4.69) is 356 Å². The molecule has 0 aliphatic rings. The van der Waals surface area contributed by atoms with Gasteiger partial charge in [0.05, 0.1) is 27.6 Å². The highest BCUT2D eigenvalue weighted by atomic mass is 79.9. The third-order valence-electron chi connectivity index (χ3n) is 15.4. The van der Waals surface area contributed by atoms with Gasteiger partial charge in [-0.25, -0.2) is 0 Å². The number of nitrogens with one attached hydrogen (secondary N) is 1. The highest BCUT2D eigenvalue weighted by molar-refractivity contribution is 9.10. The summed E-state index contributed by atoms with van der Waals surface area (Å²) < 4.78 is 8.15. The van der Waals surface area contributed by atoms with Crippen LogP contribution in [-0.2, 0) is 0 Å². The molecule has 0 amide bonds. The number of aromatic nitrogens is 4. The molecule has 4 nitrogen and oxygen atoms in total. The summed E-state index contributed by atoms with van der Waals surface area (Å²) in [6.45, 7) is 0. The molecule has 0 saturated carbocycles. The van der Waals surface area contributed by atoms with Crippen LogP contribution in [0.3, 0.4) is 0 Å². The van der Waals surface area contributed by atoms with Crippen LogP contribution in [0.1, 0.15) is 0 Å². The Labute approximate surface area is 493 Å². The van der Waals surface area contributed by atoms with E-state index in [4.69, 9.17) is 0 Å². The minimum Gasteiger partial charge on any atom is -0.353 e. The number of rotatable bonds is 9. The van der Waals surface area contributed by atoms with E-state index in [0.29, 0.717) is 0 Å². The Morgan fingerprint density at radius 1 is 0.277 bits per heavy atom. The highest BCUT2D eigenvalue weighted by Gasteiger charge is 2.21. The van der Waals surface area contributed by atoms with E-state index in [1.54, 1.807) is 0 Å². The predicted molar refractivity (Wildman–Crippen MR) is 362 cm³/mol. The lowest BCUT2D eigenvalue weighted by molar-refractivity contribution is 1.12. The quantitative estimate of drug-likeness (QED) is 0.140. The van der Waals surface area contributed by atoms with Crippen LogP contribution in [0.15, 0.2) is 332 Å². The molecule has 4 aromatic heterocycles. The zero-order valence-electron chi connectivity index (χ0n) is 45.3. The second-order valence-electron chi connectivity index (χ2n) is 20.4. The smallest absolute Gasteiger partial charge is 0.0788 e. The van der Waals surface area contributed by atoms with Crippen molar-refractivity contribution in [2.45, 2.75) is 0 Å². The van der Waals surface area contributed by atoms with Crippen molar-refractivity contribution < 1.29 is 0 Å². The van der Waals surface area contributed by atoms with Gasteiger partial charge in [-0.2, -0.15) is 0 Å². The molecular weight excluding hydrogens is 1110 g/mol. The highest BCUT2D eigenvalue weighted by Crippen LogP contribution is 2.40. The first kappa shape index (κ1) is 51.8. The Bertz CT molecular complexity index is 4750. The lowest BCUT2D eigenvalue weighted by Crippen LogP contribution is -2.20. The van der Waals surface area contributed by atoms with Crippen LogP contribution >= 0.6 is 31.8 Å². The van der Waals surface area contributed by atoms with Crippen molar-refractivity contribution in [2.24, 2.45) is 0 Å². The monoisotopic (exact) mass is 1160 g/mol. The maximum absolute atomic E-state index is 3.60. The summed E-state index contributed by atoms with van der Waals surface area (Å²) in [5.41, 5.74) is 10.8. The number of hydrogen-bond acceptors (Lipinski definition) is 0. The van der Waals surface area contributed by atoms with Gasteiger partial charge in [0.25, 0.3) is 0 Å². The average Bonchev–Trinajstić information content (AvgIpc) is 2.53. The summed E-state index contributed by atoms with van der Waals surface area (Å²) >= 11 is 3.51. The van der Waals surface area contributed by atoms with E-state index in [1.807, 2.05) is 6.07 Å². The molecule has 1 N–H and O–H groups in total. The second-order valence-corrected chi connectivity index (χ2v) is 25.8. The molecular formula is C76H55BrN4P2. The molecule has 0 radical (unpaired) electrons. The largest absolute Gasteiger partial charge is 0.353 e. The number of fused-ring (bicyclic) bond motifs is 10. The van der Waals surface area contributed by atoms with Gasteiger partial charge in [-0.05, 0) is 120 Å². The summed E-state index contributed by atoms with van der Waals surface area (Å²) in [6.07, 6.45) is 4.34. The van der Waals surface area contributed by atoms with Crippen LogP contribution in [0.2, 0.25) is 0 Å². The van der Waals surface area contributed by atoms with E-state index in [1.165, 1.54) is 114 Å². The van der Waals surface area contributed by atoms with Crippen molar-refractivity contribution in [3.8, 4) is 17.1 Å². The SMILES string of the molecule is Brc1ccc(P(c2ccccc2)c2ccccc2)cc1.c1ccc(-n2ccc3ccc4c5ccccc5[nH]c4c32)cc1.c1ccc(-n2ccc3ccc4c5ccccc5n(-c5ccc(P(c6ccccc6)c6ccccc6)cc5)c4c32)cc1. The second kappa shape index (κ2) is 23.3. The first-order valence-corrected chi connectivity index (χ1v) is 31.4. The van der Waals surface area contributed by atoms with E-state index >= 15 is 0 Å². The predicted octanol–water partition coefficient (Wildman–Crippen LogP) is 18.0. The van der Waals surface area contributed by atoms with Gasteiger partial charge in [0.2, 0.25) is 0 Å². The molecule has 0 fully saturated rings. The zero-order chi connectivity index (χ0) is 55.5. The van der Waals surface area contributed by atoms with Crippen molar-refractivity contribution in [3.63, 3.8) is 0 Å². The van der Waals surface area contributed by atoms with Crippen molar-refractivity contribution in [3.05, 3.63) is 332 Å². The lowest BCUT2D eigenvalue weighted by atomic mass is 10.1. The first-order chi connectivity index (χ1) is 41.1. The molecule has 0 atom stereocenters. The van der Waals surface area contributed by atoms with Gasteiger partial charge in [-0.1, -0.05) is 259 Å². The number of hydrogen-bond donors (Lipinski definition) is 1. The van der Waals surface area contributed by atoms with Crippen LogP contribution in [-0.4, -0.2) is 18.7 Å². The van der Waals surface area contributed by atoms with Crippen LogP contribution in [0, 0.1) is 0 Å². The molecule has 0 spiro atoms. The van der Waals surface area contributed by atoms with E-state index in [0.717, 1.165) is 4.47 Å². The number of benzene rings is 12. The number of aromatic amines is 1. The van der Waals surface area contributed by atoms with Crippen molar-refractivity contribution in [1.29, 1.82) is 0 Å². The fourth-order valence-electron chi connectivity index (χ4n) is 11.6. The molecule has 0 aliphatic carbocycles. The number of halogens is 1. The van der Waals surface area contributed by atoms with Gasteiger partial charge < -0.3 is 18.7 Å². The molecule has 0 aliphatic heterocycles. The van der Waals surface area contributed by atoms with Crippen molar-refractivity contribution >= 4 is 129 Å². The third kappa shape index (κ3) is 10.2. The van der Waals surface area contributed by atoms with Crippen molar-refractivity contribution in [1.82, 2.24) is 18.7 Å². The van der Waals surface area contributed by atoms with E-state index < -0.39 is 15.8 Å². The molecule has 0 bridgehead atoms. The third-order valence-corrected chi connectivity index (χ3v) is 20.8. The van der Waals surface area contributed by atoms with Gasteiger partial charge in [-0.15, -0.1) is 0 Å². The standard InChI is InChI=1S/C38H27N2P.C20H14N2.C18H14BrP/c1-4-12-29(13-5-1)39-27-26-28-20-25-35-34-18-10-11-19-36(34)40(38(35)37(28)39)30-21-23-33(24-22-30)41(31-14-6-2-7-15-31)32-16-8-3-9-17-32;1-2-6-15(7-3-1)22-13-12-14-10-11-17-16-8-4-5-9-18(16)21-19(17)20(14)22;19-15-11-13-18(14-12-15)20(16-7-3-1-4-8-16)17-9-5-2-6-10-17/h1-27H;1-13,21H;1-14H. The van der Waals surface area contributed by atoms with Gasteiger partial charge in [0.1, 0.15) is 0 Å². The van der Waals surface area contributed by atoms with Gasteiger partial charge in [0, 0.05) is 71.8 Å². The molecule has 7 heteroatoms. The maximum atomic E-state index is 3.60. The first-order valence-electron chi connectivity index (χ1n) is 27.9. The van der Waals surface area contributed by atoms with Crippen molar-refractivity contribution in [2.75, 3.05) is 0 Å². The summed E-state index contributed by atoms with van der Waals surface area (Å²) in [5.74, 6) is 0. The van der Waals surface area contributed by atoms with Gasteiger partial charge in [-0.3, -0.25) is 0 Å². The Morgan fingerprint density at radius 3 is 1.19 bits per heavy atom. The number of H-pyrrole nitrogens is 1. The maximum Gasteiger partial charge on any atom is 0.0788 e. The van der Waals surface area contributed by atoms with Gasteiger partial charge >= 0.3 is 0 Å². The van der Waals surface area contributed by atoms with Crippen LogP contribution in [0.25, 0.3) is 82.5 Å². The fraction of sp³-hybridized carbons (Fsp3) is 0. The summed E-state index contributed by atoms with van der Waals surface area (Å²) in [4.78, 5) is 3.60. The number of para-hydroxylation sites is 4. The minimum absolute atomic E-state index is 0.479. The molecule has 12 aromatic carbocycles. The Hall–Kier alpha value is -9.34. The molecule has 83 heavy (non-hydrogen) atoms. The Morgan fingerprint density at radius 2 is 0.675 bits per heavy atom. The van der Waals surface area contributed by atoms with Crippen LogP contribution in [0.4, 0.5) is 0 Å². The summed E-state index contributed by atoms with van der Waals surface area (Å²) in [5, 5.41) is 15.8. The topological polar surface area (TPSA) is 30.6 Å². The Kier molecular flexibility index (Phi) is 14.5. The summed E-state index contributed by atoms with van der Waals surface area (Å²) in [7, 11) is -1.13. The molecule has 396 valence electrons. The summed E-state index contributed by atoms with van der Waals surface area (Å²) in [6, 6.07) is 113.